The molecule has 0 aliphatic carbocycles. The van der Waals surface area contributed by atoms with E-state index in [2.05, 4.69) is 15.1 Å². The van der Waals surface area contributed by atoms with Gasteiger partial charge in [-0.2, -0.15) is 9.78 Å². The van der Waals surface area contributed by atoms with Gasteiger partial charge in [0.25, 0.3) is 5.56 Å². The van der Waals surface area contributed by atoms with E-state index >= 15 is 0 Å². The Labute approximate surface area is 141 Å². The summed E-state index contributed by atoms with van der Waals surface area (Å²) in [6, 6.07) is 16.6. The molecule has 0 unspecified atom stereocenters. The molecule has 0 aliphatic rings. The largest absolute Gasteiger partial charge is 0.383 e. The van der Waals surface area contributed by atoms with E-state index in [1.54, 1.807) is 17.4 Å². The summed E-state index contributed by atoms with van der Waals surface area (Å²) in [7, 11) is 0. The number of hydrogen-bond donors (Lipinski definition) is 2. The zero-order valence-electron chi connectivity index (χ0n) is 12.5. The Balaban J connectivity index is 1.83. The minimum Gasteiger partial charge on any atom is -0.383 e. The van der Waals surface area contributed by atoms with Gasteiger partial charge in [0.05, 0.1) is 10.6 Å². The minimum absolute atomic E-state index is 0.258. The first-order valence-electron chi connectivity index (χ1n) is 7.27. The van der Waals surface area contributed by atoms with Crippen molar-refractivity contribution in [3.05, 3.63) is 70.3 Å². The summed E-state index contributed by atoms with van der Waals surface area (Å²) < 4.78 is 1.45. The maximum absolute atomic E-state index is 12.0. The smallest absolute Gasteiger partial charge is 0.252 e. The lowest BCUT2D eigenvalue weighted by Crippen LogP contribution is -2.15. The zero-order valence-corrected chi connectivity index (χ0v) is 13.3. The number of benzene rings is 1. The monoisotopic (exact) mass is 335 g/mol. The lowest BCUT2D eigenvalue weighted by Gasteiger charge is -2.05. The van der Waals surface area contributed by atoms with Crippen molar-refractivity contribution in [3.63, 3.8) is 0 Å². The number of hydrogen-bond acceptors (Lipinski definition) is 5. The van der Waals surface area contributed by atoms with E-state index in [1.165, 1.54) is 10.7 Å². The van der Waals surface area contributed by atoms with Gasteiger partial charge in [0.2, 0.25) is 5.95 Å². The van der Waals surface area contributed by atoms with Crippen LogP contribution < -0.4 is 11.3 Å². The number of nitrogens with one attached hydrogen (secondary N) is 1. The lowest BCUT2D eigenvalue weighted by molar-refractivity contribution is 0.815. The van der Waals surface area contributed by atoms with Gasteiger partial charge < -0.3 is 5.73 Å². The molecule has 0 saturated carbocycles. The van der Waals surface area contributed by atoms with Crippen molar-refractivity contribution in [2.75, 3.05) is 5.73 Å². The first kappa shape index (κ1) is 14.4. The number of rotatable bonds is 3. The van der Waals surface area contributed by atoms with Gasteiger partial charge in [-0.15, -0.1) is 11.3 Å². The third-order valence-electron chi connectivity index (χ3n) is 3.51. The van der Waals surface area contributed by atoms with Crippen LogP contribution in [0.15, 0.2) is 64.8 Å². The Morgan fingerprint density at radius 1 is 1.04 bits per heavy atom. The van der Waals surface area contributed by atoms with Crippen molar-refractivity contribution in [3.8, 4) is 27.8 Å². The highest BCUT2D eigenvalue weighted by atomic mass is 32.1. The van der Waals surface area contributed by atoms with E-state index < -0.39 is 0 Å². The van der Waals surface area contributed by atoms with Crippen LogP contribution in [0.25, 0.3) is 27.8 Å². The van der Waals surface area contributed by atoms with Crippen LogP contribution in [0, 0.1) is 0 Å². The summed E-state index contributed by atoms with van der Waals surface area (Å²) in [5.41, 5.74) is 7.98. The molecule has 3 aromatic heterocycles. The average molecular weight is 335 g/mol. The van der Waals surface area contributed by atoms with Gasteiger partial charge in [-0.25, -0.2) is 4.98 Å². The molecule has 118 valence electrons. The van der Waals surface area contributed by atoms with Gasteiger partial charge in [-0.3, -0.25) is 9.78 Å². The molecule has 6 nitrogen and oxygen atoms in total. The van der Waals surface area contributed by atoms with E-state index in [0.717, 1.165) is 16.1 Å². The van der Waals surface area contributed by atoms with Crippen LogP contribution in [-0.2, 0) is 0 Å². The predicted molar refractivity (Wildman–Crippen MR) is 95.1 cm³/mol. The van der Waals surface area contributed by atoms with Crippen LogP contribution in [-0.4, -0.2) is 19.7 Å². The summed E-state index contributed by atoms with van der Waals surface area (Å²) in [4.78, 5) is 20.2. The van der Waals surface area contributed by atoms with Crippen molar-refractivity contribution in [2.45, 2.75) is 0 Å². The highest BCUT2D eigenvalue weighted by molar-refractivity contribution is 7.13. The third-order valence-corrected chi connectivity index (χ3v) is 4.40. The van der Waals surface area contributed by atoms with Crippen molar-refractivity contribution in [1.29, 1.82) is 0 Å². The first-order valence-corrected chi connectivity index (χ1v) is 8.15. The van der Waals surface area contributed by atoms with Crippen molar-refractivity contribution in [2.24, 2.45) is 0 Å². The fourth-order valence-electron chi connectivity index (χ4n) is 2.41. The number of nitrogen functional groups attached to an aromatic ring is 1. The molecule has 3 heterocycles. The van der Waals surface area contributed by atoms with Crippen LogP contribution in [0.1, 0.15) is 0 Å². The number of anilines is 1. The van der Waals surface area contributed by atoms with Crippen LogP contribution in [0.4, 0.5) is 5.82 Å². The Morgan fingerprint density at radius 2 is 1.88 bits per heavy atom. The van der Waals surface area contributed by atoms with Gasteiger partial charge in [-0.05, 0) is 11.4 Å². The number of nitrogens with two attached hydrogens (primary N) is 1. The molecule has 1 aromatic carbocycles. The van der Waals surface area contributed by atoms with Crippen LogP contribution >= 0.6 is 11.3 Å². The van der Waals surface area contributed by atoms with E-state index in [1.807, 2.05) is 47.8 Å². The molecule has 0 amide bonds. The van der Waals surface area contributed by atoms with Crippen molar-refractivity contribution in [1.82, 2.24) is 19.7 Å². The summed E-state index contributed by atoms with van der Waals surface area (Å²) in [6.45, 7) is 0. The minimum atomic E-state index is -0.258. The number of thiophene rings is 1. The second-order valence-electron chi connectivity index (χ2n) is 5.16. The molecule has 0 saturated heterocycles. The fourth-order valence-corrected chi connectivity index (χ4v) is 3.09. The Hall–Kier alpha value is -3.19. The summed E-state index contributed by atoms with van der Waals surface area (Å²) >= 11 is 1.57. The lowest BCUT2D eigenvalue weighted by atomic mass is 10.1. The standard InChI is InChI=1S/C17H13N5OS/c18-15-9-13(14-7-4-8-24-14)21-22(15)17-19-12(10-16(23)20-17)11-5-2-1-3-6-11/h1-10H,18H2,(H,19,20,23). The molecule has 0 fully saturated rings. The van der Waals surface area contributed by atoms with E-state index in [-0.39, 0.29) is 5.56 Å². The van der Waals surface area contributed by atoms with Crippen molar-refractivity contribution < 1.29 is 0 Å². The molecule has 4 aromatic rings. The molecule has 0 radical (unpaired) electrons. The van der Waals surface area contributed by atoms with Gasteiger partial charge >= 0.3 is 0 Å². The fraction of sp³-hybridized carbons (Fsp3) is 0. The first-order chi connectivity index (χ1) is 11.7. The highest BCUT2D eigenvalue weighted by Crippen LogP contribution is 2.26. The molecular formula is C17H13N5OS. The maximum Gasteiger partial charge on any atom is 0.252 e. The van der Waals surface area contributed by atoms with E-state index in [9.17, 15) is 4.79 Å². The highest BCUT2D eigenvalue weighted by Gasteiger charge is 2.12. The summed E-state index contributed by atoms with van der Waals surface area (Å²) in [5.74, 6) is 0.702. The molecule has 24 heavy (non-hydrogen) atoms. The molecular weight excluding hydrogens is 322 g/mol. The molecule has 0 aliphatic heterocycles. The number of aromatic amines is 1. The Morgan fingerprint density at radius 3 is 2.62 bits per heavy atom. The molecule has 3 N–H and O–H groups in total. The number of aromatic nitrogens is 4. The zero-order chi connectivity index (χ0) is 16.5. The van der Waals surface area contributed by atoms with Crippen LogP contribution in [0.2, 0.25) is 0 Å². The van der Waals surface area contributed by atoms with Gasteiger partial charge in [-0.1, -0.05) is 36.4 Å². The molecule has 0 spiro atoms. The summed E-state index contributed by atoms with van der Waals surface area (Å²) in [6.07, 6.45) is 0. The third kappa shape index (κ3) is 2.61. The van der Waals surface area contributed by atoms with E-state index in [0.29, 0.717) is 17.5 Å². The SMILES string of the molecule is Nc1cc(-c2cccs2)nn1-c1nc(-c2ccccc2)cc(=O)[nH]1. The molecule has 4 rings (SSSR count). The van der Waals surface area contributed by atoms with Gasteiger partial charge in [0.1, 0.15) is 11.5 Å². The second-order valence-corrected chi connectivity index (χ2v) is 6.11. The number of nitrogens with zero attached hydrogens (tertiary/aromatic N) is 3. The quantitative estimate of drug-likeness (QED) is 0.602. The van der Waals surface area contributed by atoms with Crippen LogP contribution in [0.3, 0.4) is 0 Å². The normalized spacial score (nSPS) is 10.8. The summed E-state index contributed by atoms with van der Waals surface area (Å²) in [5, 5.41) is 6.44. The van der Waals surface area contributed by atoms with Gasteiger partial charge in [0.15, 0.2) is 0 Å². The van der Waals surface area contributed by atoms with Gasteiger partial charge in [0, 0.05) is 17.7 Å². The second kappa shape index (κ2) is 5.78. The average Bonchev–Trinajstić information content (AvgIpc) is 3.24. The maximum atomic E-state index is 12.0. The molecule has 7 heteroatoms. The number of H-pyrrole nitrogens is 1. The van der Waals surface area contributed by atoms with E-state index in [4.69, 9.17) is 5.73 Å². The molecule has 0 bridgehead atoms. The topological polar surface area (TPSA) is 89.6 Å². The molecule has 0 atom stereocenters. The Kier molecular flexibility index (Phi) is 3.47. The predicted octanol–water partition coefficient (Wildman–Crippen LogP) is 2.93. The Bertz CT molecular complexity index is 1030. The van der Waals surface area contributed by atoms with Crippen LogP contribution in [0.5, 0.6) is 0 Å². The van der Waals surface area contributed by atoms with Crippen molar-refractivity contribution >= 4 is 17.2 Å².